The van der Waals surface area contributed by atoms with Gasteiger partial charge in [0.25, 0.3) is 6.43 Å². The highest BCUT2D eigenvalue weighted by Crippen LogP contribution is 2.14. The molecular weight excluding hydrogens is 262 g/mol. The first-order valence-electron chi connectivity index (χ1n) is 5.07. The quantitative estimate of drug-likeness (QED) is 0.819. The Morgan fingerprint density at radius 3 is 2.56 bits per heavy atom. The summed E-state index contributed by atoms with van der Waals surface area (Å²) in [6, 6.07) is 8.05. The van der Waals surface area contributed by atoms with Crippen molar-refractivity contribution in [1.82, 2.24) is 4.31 Å². The molecule has 0 N–H and O–H groups in total. The minimum Gasteiger partial charge on any atom is -0.212 e. The summed E-state index contributed by atoms with van der Waals surface area (Å²) in [6.07, 6.45) is -2.73. The highest BCUT2D eigenvalue weighted by atomic mass is 32.2. The van der Waals surface area contributed by atoms with Gasteiger partial charge in [-0.3, -0.25) is 0 Å². The lowest BCUT2D eigenvalue weighted by Gasteiger charge is -2.16. The molecule has 0 aliphatic heterocycles. The van der Waals surface area contributed by atoms with E-state index in [0.29, 0.717) is 9.87 Å². The minimum atomic E-state index is -3.84. The van der Waals surface area contributed by atoms with Crippen molar-refractivity contribution in [1.29, 1.82) is 5.26 Å². The highest BCUT2D eigenvalue weighted by Gasteiger charge is 2.22. The number of hydrogen-bond acceptors (Lipinski definition) is 3. The molecule has 0 unspecified atom stereocenters. The van der Waals surface area contributed by atoms with Gasteiger partial charge in [0.05, 0.1) is 23.9 Å². The van der Waals surface area contributed by atoms with Crippen LogP contribution in [0.5, 0.6) is 0 Å². The molecule has 4 nitrogen and oxygen atoms in total. The first kappa shape index (κ1) is 14.5. The average molecular weight is 274 g/mol. The van der Waals surface area contributed by atoms with E-state index in [1.54, 1.807) is 12.1 Å². The molecule has 0 aromatic heterocycles. The number of halogens is 2. The maximum absolute atomic E-state index is 12.1. The molecule has 0 radical (unpaired) electrons. The van der Waals surface area contributed by atoms with E-state index in [1.807, 2.05) is 6.07 Å². The summed E-state index contributed by atoms with van der Waals surface area (Å²) < 4.78 is 48.5. The highest BCUT2D eigenvalue weighted by molar-refractivity contribution is 7.88. The van der Waals surface area contributed by atoms with Crippen molar-refractivity contribution in [3.05, 3.63) is 35.4 Å². The summed E-state index contributed by atoms with van der Waals surface area (Å²) >= 11 is 0. The Kier molecular flexibility index (Phi) is 4.76. The van der Waals surface area contributed by atoms with Crippen molar-refractivity contribution in [2.75, 3.05) is 13.6 Å². The van der Waals surface area contributed by atoms with E-state index >= 15 is 0 Å². The summed E-state index contributed by atoms with van der Waals surface area (Å²) in [5.74, 6) is -0.458. The van der Waals surface area contributed by atoms with Gasteiger partial charge in [0.15, 0.2) is 0 Å². The molecule has 1 aromatic carbocycles. The van der Waals surface area contributed by atoms with Crippen LogP contribution in [0.15, 0.2) is 24.3 Å². The van der Waals surface area contributed by atoms with Gasteiger partial charge < -0.3 is 0 Å². The van der Waals surface area contributed by atoms with Gasteiger partial charge >= 0.3 is 0 Å². The zero-order chi connectivity index (χ0) is 13.8. The molecule has 7 heteroatoms. The van der Waals surface area contributed by atoms with Gasteiger partial charge in [0.2, 0.25) is 10.0 Å². The molecule has 98 valence electrons. The molecule has 0 saturated heterocycles. The SMILES string of the molecule is CN(CC(F)F)S(=O)(=O)Cc1ccccc1C#N. The van der Waals surface area contributed by atoms with Gasteiger partial charge in [0, 0.05) is 7.05 Å². The Morgan fingerprint density at radius 1 is 1.39 bits per heavy atom. The molecule has 0 saturated carbocycles. The van der Waals surface area contributed by atoms with Crippen LogP contribution in [0.3, 0.4) is 0 Å². The van der Waals surface area contributed by atoms with E-state index in [9.17, 15) is 17.2 Å². The number of alkyl halides is 2. The summed E-state index contributed by atoms with van der Waals surface area (Å²) in [5, 5.41) is 8.82. The summed E-state index contributed by atoms with van der Waals surface area (Å²) in [4.78, 5) is 0. The molecule has 18 heavy (non-hydrogen) atoms. The minimum absolute atomic E-state index is 0.228. The molecule has 1 rings (SSSR count). The average Bonchev–Trinajstić information content (AvgIpc) is 2.28. The fraction of sp³-hybridized carbons (Fsp3) is 0.364. The van der Waals surface area contributed by atoms with Gasteiger partial charge in [-0.1, -0.05) is 18.2 Å². The maximum Gasteiger partial charge on any atom is 0.252 e. The van der Waals surface area contributed by atoms with Crippen molar-refractivity contribution >= 4 is 10.0 Å². The molecule has 0 aliphatic rings. The summed E-state index contributed by atoms with van der Waals surface area (Å²) in [5.41, 5.74) is 0.535. The molecule has 0 aliphatic carbocycles. The Bertz CT molecular complexity index is 552. The number of hydrogen-bond donors (Lipinski definition) is 0. The predicted octanol–water partition coefficient (Wildman–Crippen LogP) is 1.58. The van der Waals surface area contributed by atoms with E-state index < -0.39 is 28.7 Å². The van der Waals surface area contributed by atoms with Crippen molar-refractivity contribution in [3.63, 3.8) is 0 Å². The van der Waals surface area contributed by atoms with E-state index in [2.05, 4.69) is 0 Å². The fourth-order valence-corrected chi connectivity index (χ4v) is 2.57. The first-order chi connectivity index (χ1) is 8.36. The Morgan fingerprint density at radius 2 is 2.00 bits per heavy atom. The number of benzene rings is 1. The van der Waals surface area contributed by atoms with E-state index in [-0.39, 0.29) is 5.56 Å². The lowest BCUT2D eigenvalue weighted by molar-refractivity contribution is 0.126. The van der Waals surface area contributed by atoms with Crippen LogP contribution < -0.4 is 0 Å². The third kappa shape index (κ3) is 3.75. The van der Waals surface area contributed by atoms with E-state index in [4.69, 9.17) is 5.26 Å². The fourth-order valence-electron chi connectivity index (χ4n) is 1.37. The van der Waals surface area contributed by atoms with Crippen molar-refractivity contribution in [2.24, 2.45) is 0 Å². The van der Waals surface area contributed by atoms with Gasteiger partial charge in [0.1, 0.15) is 0 Å². The van der Waals surface area contributed by atoms with E-state index in [0.717, 1.165) is 7.05 Å². The predicted molar refractivity (Wildman–Crippen MR) is 62.4 cm³/mol. The summed E-state index contributed by atoms with van der Waals surface area (Å²) in [6.45, 7) is -0.850. The van der Waals surface area contributed by atoms with Gasteiger partial charge in [-0.15, -0.1) is 0 Å². The largest absolute Gasteiger partial charge is 0.252 e. The number of sulfonamides is 1. The monoisotopic (exact) mass is 274 g/mol. The second-order valence-corrected chi connectivity index (χ2v) is 5.77. The summed E-state index contributed by atoms with van der Waals surface area (Å²) in [7, 11) is -2.75. The third-order valence-corrected chi connectivity index (χ3v) is 4.12. The number of nitriles is 1. The first-order valence-corrected chi connectivity index (χ1v) is 6.68. The second-order valence-electron chi connectivity index (χ2n) is 3.70. The zero-order valence-corrected chi connectivity index (χ0v) is 10.5. The van der Waals surface area contributed by atoms with Crippen LogP contribution >= 0.6 is 0 Å². The third-order valence-electron chi connectivity index (χ3n) is 2.35. The van der Waals surface area contributed by atoms with Gasteiger partial charge in [-0.05, 0) is 11.6 Å². The molecular formula is C11H12F2N2O2S. The van der Waals surface area contributed by atoms with Crippen LogP contribution in [0.25, 0.3) is 0 Å². The number of nitrogens with zero attached hydrogens (tertiary/aromatic N) is 2. The molecule has 0 amide bonds. The Hall–Kier alpha value is -1.52. The standard InChI is InChI=1S/C11H12F2N2O2S/c1-15(7-11(12)13)18(16,17)8-10-5-3-2-4-9(10)6-14/h2-5,11H,7-8H2,1H3. The van der Waals surface area contributed by atoms with Crippen molar-refractivity contribution < 1.29 is 17.2 Å². The Labute approximate surface area is 105 Å². The van der Waals surface area contributed by atoms with Crippen molar-refractivity contribution in [3.8, 4) is 6.07 Å². The van der Waals surface area contributed by atoms with Crippen LogP contribution in [0.1, 0.15) is 11.1 Å². The molecule has 0 atom stereocenters. The second kappa shape index (κ2) is 5.89. The molecule has 1 aromatic rings. The van der Waals surface area contributed by atoms with E-state index in [1.165, 1.54) is 12.1 Å². The molecule has 0 spiro atoms. The van der Waals surface area contributed by atoms with Gasteiger partial charge in [-0.2, -0.15) is 9.57 Å². The van der Waals surface area contributed by atoms with Crippen LogP contribution in [0.2, 0.25) is 0 Å². The normalized spacial score (nSPS) is 11.8. The Balaban J connectivity index is 2.93. The zero-order valence-electron chi connectivity index (χ0n) is 9.68. The number of rotatable bonds is 5. The van der Waals surface area contributed by atoms with Crippen LogP contribution in [-0.4, -0.2) is 32.7 Å². The van der Waals surface area contributed by atoms with Gasteiger partial charge in [-0.25, -0.2) is 17.2 Å². The maximum atomic E-state index is 12.1. The topological polar surface area (TPSA) is 61.2 Å². The lowest BCUT2D eigenvalue weighted by Crippen LogP contribution is -2.32. The smallest absolute Gasteiger partial charge is 0.212 e. The van der Waals surface area contributed by atoms with Crippen LogP contribution in [0, 0.1) is 11.3 Å². The molecule has 0 bridgehead atoms. The molecule has 0 fully saturated rings. The molecule has 0 heterocycles. The lowest BCUT2D eigenvalue weighted by atomic mass is 10.1. The van der Waals surface area contributed by atoms with Crippen LogP contribution in [-0.2, 0) is 15.8 Å². The van der Waals surface area contributed by atoms with Crippen molar-refractivity contribution in [2.45, 2.75) is 12.2 Å². The van der Waals surface area contributed by atoms with Crippen LogP contribution in [0.4, 0.5) is 8.78 Å².